The Morgan fingerprint density at radius 2 is 1.95 bits per heavy atom. The molecule has 5 heteroatoms. The van der Waals surface area contributed by atoms with E-state index in [1.54, 1.807) is 6.07 Å². The Hall–Kier alpha value is -2.30. The molecular formula is C14H16N4O. The maximum atomic E-state index is 10.1. The predicted molar refractivity (Wildman–Crippen MR) is 73.4 cm³/mol. The molecule has 2 aromatic heterocycles. The van der Waals surface area contributed by atoms with Gasteiger partial charge in [-0.2, -0.15) is 4.73 Å². The van der Waals surface area contributed by atoms with Crippen LogP contribution in [0.1, 0.15) is 25.7 Å². The molecule has 0 fully saturated rings. The zero-order valence-electron chi connectivity index (χ0n) is 11.2. The summed E-state index contributed by atoms with van der Waals surface area (Å²) in [7, 11) is 0. The molecule has 0 saturated carbocycles. The number of imidazole rings is 1. The third-order valence-corrected chi connectivity index (χ3v) is 3.43. The van der Waals surface area contributed by atoms with Crippen LogP contribution in [0.4, 0.5) is 0 Å². The molecule has 2 N–H and O–H groups in total. The summed E-state index contributed by atoms with van der Waals surface area (Å²) in [6, 6.07) is 7.79. The minimum atomic E-state index is 0.0243. The summed E-state index contributed by atoms with van der Waals surface area (Å²) in [5, 5.41) is 19.0. The van der Waals surface area contributed by atoms with E-state index in [4.69, 9.17) is 5.41 Å². The molecule has 0 bridgehead atoms. The van der Waals surface area contributed by atoms with E-state index in [1.165, 1.54) is 0 Å². The molecule has 0 amide bonds. The summed E-state index contributed by atoms with van der Waals surface area (Å²) in [4.78, 5) is 4.44. The van der Waals surface area contributed by atoms with Crippen LogP contribution in [0.5, 0.6) is 0 Å². The standard InChI is InChI=1S/C14H16N4O/c1-8(2)17-9(3)16-12-13(17)10-6-4-5-7-11(10)18(19)14(12)15/h4-8,15,19H,1-3H3. The second-order valence-corrected chi connectivity index (χ2v) is 5.00. The quantitative estimate of drug-likeness (QED) is 0.657. The minimum Gasteiger partial charge on any atom is -0.426 e. The molecule has 19 heavy (non-hydrogen) atoms. The van der Waals surface area contributed by atoms with Gasteiger partial charge < -0.3 is 9.77 Å². The van der Waals surface area contributed by atoms with Crippen LogP contribution >= 0.6 is 0 Å². The van der Waals surface area contributed by atoms with Gasteiger partial charge in [-0.05, 0) is 26.8 Å². The number of aromatic nitrogens is 3. The molecule has 0 saturated heterocycles. The first-order chi connectivity index (χ1) is 9.02. The Bertz CT molecular complexity index is 842. The zero-order valence-corrected chi connectivity index (χ0v) is 11.2. The van der Waals surface area contributed by atoms with Crippen molar-refractivity contribution in [3.63, 3.8) is 0 Å². The largest absolute Gasteiger partial charge is 0.426 e. The predicted octanol–water partition coefficient (Wildman–Crippen LogP) is 2.60. The fourth-order valence-corrected chi connectivity index (χ4v) is 2.68. The SMILES string of the molecule is Cc1nc2c(=N)n(O)c3ccccc3c2n1C(C)C. The number of fused-ring (bicyclic) bond motifs is 3. The van der Waals surface area contributed by atoms with Crippen molar-refractivity contribution in [3.8, 4) is 0 Å². The van der Waals surface area contributed by atoms with Crippen molar-refractivity contribution < 1.29 is 5.21 Å². The number of para-hydroxylation sites is 1. The first-order valence-corrected chi connectivity index (χ1v) is 6.28. The summed E-state index contributed by atoms with van der Waals surface area (Å²) in [6.07, 6.45) is 0. The number of nitrogens with one attached hydrogen (secondary N) is 1. The average Bonchev–Trinajstić information content (AvgIpc) is 2.74. The van der Waals surface area contributed by atoms with Crippen LogP contribution < -0.4 is 5.49 Å². The first-order valence-electron chi connectivity index (χ1n) is 6.28. The highest BCUT2D eigenvalue weighted by atomic mass is 16.5. The molecule has 2 heterocycles. The van der Waals surface area contributed by atoms with E-state index in [-0.39, 0.29) is 11.5 Å². The molecule has 0 atom stereocenters. The van der Waals surface area contributed by atoms with Gasteiger partial charge in [-0.1, -0.05) is 18.2 Å². The van der Waals surface area contributed by atoms with Gasteiger partial charge in [0, 0.05) is 11.4 Å². The van der Waals surface area contributed by atoms with E-state index in [2.05, 4.69) is 23.4 Å². The first kappa shape index (κ1) is 11.8. The molecule has 5 nitrogen and oxygen atoms in total. The van der Waals surface area contributed by atoms with Gasteiger partial charge in [0.05, 0.1) is 11.0 Å². The van der Waals surface area contributed by atoms with Gasteiger partial charge in [0.25, 0.3) is 0 Å². The molecule has 98 valence electrons. The van der Waals surface area contributed by atoms with Crippen LogP contribution in [0.3, 0.4) is 0 Å². The van der Waals surface area contributed by atoms with E-state index >= 15 is 0 Å². The monoisotopic (exact) mass is 256 g/mol. The normalized spacial score (nSPS) is 11.8. The number of aryl methyl sites for hydroxylation is 1. The van der Waals surface area contributed by atoms with Crippen LogP contribution in [-0.2, 0) is 0 Å². The number of pyridine rings is 1. The Kier molecular flexibility index (Phi) is 2.38. The summed E-state index contributed by atoms with van der Waals surface area (Å²) in [5.74, 6) is 0.856. The van der Waals surface area contributed by atoms with Crippen LogP contribution in [0.25, 0.3) is 21.9 Å². The third-order valence-electron chi connectivity index (χ3n) is 3.43. The van der Waals surface area contributed by atoms with Gasteiger partial charge in [0.2, 0.25) is 0 Å². The molecule has 0 spiro atoms. The molecule has 1 aromatic carbocycles. The molecular weight excluding hydrogens is 240 g/mol. The van der Waals surface area contributed by atoms with Crippen molar-refractivity contribution in [3.05, 3.63) is 35.6 Å². The molecule has 0 aliphatic carbocycles. The van der Waals surface area contributed by atoms with Crippen molar-refractivity contribution in [2.45, 2.75) is 26.8 Å². The maximum absolute atomic E-state index is 10.1. The van der Waals surface area contributed by atoms with E-state index < -0.39 is 0 Å². The molecule has 0 aliphatic rings. The zero-order chi connectivity index (χ0) is 13.7. The van der Waals surface area contributed by atoms with E-state index in [1.807, 2.05) is 25.1 Å². The van der Waals surface area contributed by atoms with Gasteiger partial charge in [0.15, 0.2) is 5.49 Å². The Morgan fingerprint density at radius 1 is 1.26 bits per heavy atom. The fraction of sp³-hybridized carbons (Fsp3) is 0.286. The van der Waals surface area contributed by atoms with E-state index in [0.717, 1.165) is 21.5 Å². The lowest BCUT2D eigenvalue weighted by molar-refractivity contribution is 0.186. The maximum Gasteiger partial charge on any atom is 0.189 e. The molecule has 3 rings (SSSR count). The summed E-state index contributed by atoms with van der Waals surface area (Å²) < 4.78 is 3.00. The highest BCUT2D eigenvalue weighted by molar-refractivity contribution is 6.02. The van der Waals surface area contributed by atoms with Crippen LogP contribution in [-0.4, -0.2) is 19.5 Å². The van der Waals surface area contributed by atoms with E-state index in [9.17, 15) is 5.21 Å². The number of rotatable bonds is 1. The van der Waals surface area contributed by atoms with Crippen LogP contribution in [0.15, 0.2) is 24.3 Å². The Morgan fingerprint density at radius 3 is 2.63 bits per heavy atom. The number of nitrogens with zero attached hydrogens (tertiary/aromatic N) is 3. The average molecular weight is 256 g/mol. The fourth-order valence-electron chi connectivity index (χ4n) is 2.68. The molecule has 0 radical (unpaired) electrons. The lowest BCUT2D eigenvalue weighted by Crippen LogP contribution is -2.19. The van der Waals surface area contributed by atoms with Crippen LogP contribution in [0.2, 0.25) is 0 Å². The van der Waals surface area contributed by atoms with Gasteiger partial charge in [-0.25, -0.2) is 4.98 Å². The Balaban J connectivity index is 2.69. The highest BCUT2D eigenvalue weighted by Gasteiger charge is 2.17. The second-order valence-electron chi connectivity index (χ2n) is 5.00. The van der Waals surface area contributed by atoms with Gasteiger partial charge in [0.1, 0.15) is 11.3 Å². The number of hydrogen-bond donors (Lipinski definition) is 2. The van der Waals surface area contributed by atoms with Gasteiger partial charge in [-0.3, -0.25) is 5.41 Å². The highest BCUT2D eigenvalue weighted by Crippen LogP contribution is 2.26. The summed E-state index contributed by atoms with van der Waals surface area (Å²) in [6.45, 7) is 6.11. The molecule has 0 aliphatic heterocycles. The number of hydrogen-bond acceptors (Lipinski definition) is 3. The van der Waals surface area contributed by atoms with Gasteiger partial charge >= 0.3 is 0 Å². The topological polar surface area (TPSA) is 66.8 Å². The molecule has 3 aromatic rings. The number of benzene rings is 1. The van der Waals surface area contributed by atoms with Crippen molar-refractivity contribution in [2.75, 3.05) is 0 Å². The van der Waals surface area contributed by atoms with Crippen LogP contribution in [0, 0.1) is 12.3 Å². The third kappa shape index (κ3) is 1.47. The Labute approximate surface area is 110 Å². The van der Waals surface area contributed by atoms with Crippen molar-refractivity contribution >= 4 is 21.9 Å². The van der Waals surface area contributed by atoms with Gasteiger partial charge in [-0.15, -0.1) is 0 Å². The molecule has 0 unspecified atom stereocenters. The van der Waals surface area contributed by atoms with Crippen molar-refractivity contribution in [1.82, 2.24) is 14.3 Å². The summed E-state index contributed by atoms with van der Waals surface area (Å²) >= 11 is 0. The summed E-state index contributed by atoms with van der Waals surface area (Å²) in [5.41, 5.74) is 2.10. The smallest absolute Gasteiger partial charge is 0.189 e. The minimum absolute atomic E-state index is 0.0243. The van der Waals surface area contributed by atoms with Crippen molar-refractivity contribution in [2.24, 2.45) is 0 Å². The van der Waals surface area contributed by atoms with E-state index in [0.29, 0.717) is 11.0 Å². The van der Waals surface area contributed by atoms with Crippen molar-refractivity contribution in [1.29, 1.82) is 5.41 Å². The second kappa shape index (κ2) is 3.85. The lowest BCUT2D eigenvalue weighted by Gasteiger charge is -2.13. The lowest BCUT2D eigenvalue weighted by atomic mass is 10.2.